The fourth-order valence-electron chi connectivity index (χ4n) is 2.46. The molecule has 1 atom stereocenters. The third-order valence-electron chi connectivity index (χ3n) is 3.60. The zero-order chi connectivity index (χ0) is 12.5. The fourth-order valence-corrected chi connectivity index (χ4v) is 3.10. The standard InChI is InChI=1S/C14H30N2S/c1-4-17-12-6-9-15-14-7-5-10-16(11-8-14)13(2)3/h13-15H,4-12H2,1-3H3. The van der Waals surface area contributed by atoms with Gasteiger partial charge in [0.05, 0.1) is 0 Å². The van der Waals surface area contributed by atoms with Crippen LogP contribution >= 0.6 is 11.8 Å². The van der Waals surface area contributed by atoms with Crippen LogP contribution in [0.15, 0.2) is 0 Å². The molecule has 1 fully saturated rings. The van der Waals surface area contributed by atoms with Gasteiger partial charge in [-0.3, -0.25) is 0 Å². The van der Waals surface area contributed by atoms with E-state index in [0.717, 1.165) is 12.1 Å². The van der Waals surface area contributed by atoms with Gasteiger partial charge in [-0.1, -0.05) is 6.92 Å². The third-order valence-corrected chi connectivity index (χ3v) is 4.58. The van der Waals surface area contributed by atoms with Crippen molar-refractivity contribution in [1.82, 2.24) is 10.2 Å². The summed E-state index contributed by atoms with van der Waals surface area (Å²) in [4.78, 5) is 2.62. The summed E-state index contributed by atoms with van der Waals surface area (Å²) in [6, 6.07) is 1.49. The number of likely N-dealkylation sites (tertiary alicyclic amines) is 1. The lowest BCUT2D eigenvalue weighted by molar-refractivity contribution is 0.229. The van der Waals surface area contributed by atoms with Crippen LogP contribution in [0.4, 0.5) is 0 Å². The number of hydrogen-bond donors (Lipinski definition) is 1. The Kier molecular flexibility index (Phi) is 8.33. The highest BCUT2D eigenvalue weighted by molar-refractivity contribution is 7.99. The Morgan fingerprint density at radius 1 is 1.29 bits per heavy atom. The minimum Gasteiger partial charge on any atom is -0.314 e. The molecule has 1 unspecified atom stereocenters. The average molecular weight is 258 g/mol. The Hall–Kier alpha value is 0.270. The van der Waals surface area contributed by atoms with Gasteiger partial charge in [-0.25, -0.2) is 0 Å². The average Bonchev–Trinajstić information content (AvgIpc) is 2.54. The molecule has 1 aliphatic rings. The zero-order valence-corrected chi connectivity index (χ0v) is 12.7. The van der Waals surface area contributed by atoms with E-state index in [1.54, 1.807) is 0 Å². The molecule has 0 spiro atoms. The second-order valence-electron chi connectivity index (χ2n) is 5.26. The minimum atomic E-state index is 0.717. The summed E-state index contributed by atoms with van der Waals surface area (Å²) in [6.45, 7) is 10.6. The summed E-state index contributed by atoms with van der Waals surface area (Å²) in [6.07, 6.45) is 5.38. The zero-order valence-electron chi connectivity index (χ0n) is 11.9. The maximum absolute atomic E-state index is 3.74. The molecule has 0 amide bonds. The maximum atomic E-state index is 3.74. The highest BCUT2D eigenvalue weighted by Gasteiger charge is 2.17. The Morgan fingerprint density at radius 2 is 2.12 bits per heavy atom. The van der Waals surface area contributed by atoms with Gasteiger partial charge in [-0.05, 0) is 70.7 Å². The quantitative estimate of drug-likeness (QED) is 0.707. The maximum Gasteiger partial charge on any atom is 0.00797 e. The van der Waals surface area contributed by atoms with E-state index in [1.807, 2.05) is 0 Å². The van der Waals surface area contributed by atoms with Crippen LogP contribution in [0.2, 0.25) is 0 Å². The van der Waals surface area contributed by atoms with Gasteiger partial charge in [0.15, 0.2) is 0 Å². The largest absolute Gasteiger partial charge is 0.314 e. The van der Waals surface area contributed by atoms with Gasteiger partial charge in [0.1, 0.15) is 0 Å². The molecule has 1 N–H and O–H groups in total. The van der Waals surface area contributed by atoms with Crippen LogP contribution in [0.3, 0.4) is 0 Å². The van der Waals surface area contributed by atoms with Crippen LogP contribution in [0.5, 0.6) is 0 Å². The molecule has 17 heavy (non-hydrogen) atoms. The van der Waals surface area contributed by atoms with Crippen molar-refractivity contribution in [2.45, 2.75) is 58.5 Å². The molecule has 0 aromatic heterocycles. The highest BCUT2D eigenvalue weighted by Crippen LogP contribution is 2.13. The second-order valence-corrected chi connectivity index (χ2v) is 6.66. The molecule has 2 nitrogen and oxygen atoms in total. The number of rotatable bonds is 7. The number of thioether (sulfide) groups is 1. The van der Waals surface area contributed by atoms with Crippen molar-refractivity contribution >= 4 is 11.8 Å². The van der Waals surface area contributed by atoms with Crippen LogP contribution in [0.25, 0.3) is 0 Å². The van der Waals surface area contributed by atoms with Gasteiger partial charge < -0.3 is 10.2 Å². The molecular weight excluding hydrogens is 228 g/mol. The molecule has 0 bridgehead atoms. The van der Waals surface area contributed by atoms with Crippen molar-refractivity contribution in [1.29, 1.82) is 0 Å². The van der Waals surface area contributed by atoms with Gasteiger partial charge in [-0.2, -0.15) is 11.8 Å². The molecule has 0 radical (unpaired) electrons. The van der Waals surface area contributed by atoms with Crippen molar-refractivity contribution in [2.75, 3.05) is 31.1 Å². The van der Waals surface area contributed by atoms with Crippen LogP contribution in [0, 0.1) is 0 Å². The molecule has 1 rings (SSSR count). The third kappa shape index (κ3) is 6.68. The van der Waals surface area contributed by atoms with Gasteiger partial charge in [0.2, 0.25) is 0 Å². The summed E-state index contributed by atoms with van der Waals surface area (Å²) >= 11 is 2.05. The predicted molar refractivity (Wildman–Crippen MR) is 80.0 cm³/mol. The summed E-state index contributed by atoms with van der Waals surface area (Å²) in [5.41, 5.74) is 0. The topological polar surface area (TPSA) is 15.3 Å². The first-order valence-corrected chi connectivity index (χ1v) is 8.44. The molecular formula is C14H30N2S. The minimum absolute atomic E-state index is 0.717. The highest BCUT2D eigenvalue weighted by atomic mass is 32.2. The lowest BCUT2D eigenvalue weighted by Gasteiger charge is -2.24. The summed E-state index contributed by atoms with van der Waals surface area (Å²) in [7, 11) is 0. The van der Waals surface area contributed by atoms with E-state index < -0.39 is 0 Å². The van der Waals surface area contributed by atoms with E-state index in [-0.39, 0.29) is 0 Å². The molecule has 3 heteroatoms. The van der Waals surface area contributed by atoms with Gasteiger partial charge >= 0.3 is 0 Å². The molecule has 0 aliphatic carbocycles. The second kappa shape index (κ2) is 9.23. The monoisotopic (exact) mass is 258 g/mol. The number of nitrogens with zero attached hydrogens (tertiary/aromatic N) is 1. The van der Waals surface area contributed by atoms with E-state index in [1.165, 1.54) is 56.8 Å². The Bertz CT molecular complexity index is 185. The van der Waals surface area contributed by atoms with Gasteiger partial charge in [0, 0.05) is 12.1 Å². The molecule has 0 saturated carbocycles. The summed E-state index contributed by atoms with van der Waals surface area (Å²) in [5.74, 6) is 2.57. The fraction of sp³-hybridized carbons (Fsp3) is 1.00. The molecule has 1 aliphatic heterocycles. The molecule has 1 saturated heterocycles. The summed E-state index contributed by atoms with van der Waals surface area (Å²) in [5, 5.41) is 3.74. The number of hydrogen-bond acceptors (Lipinski definition) is 3. The van der Waals surface area contributed by atoms with Crippen molar-refractivity contribution in [3.8, 4) is 0 Å². The molecule has 102 valence electrons. The lowest BCUT2D eigenvalue weighted by Crippen LogP contribution is -2.34. The first-order valence-electron chi connectivity index (χ1n) is 7.29. The van der Waals surface area contributed by atoms with Crippen LogP contribution in [-0.2, 0) is 0 Å². The Labute approximate surface area is 112 Å². The van der Waals surface area contributed by atoms with Crippen molar-refractivity contribution in [2.24, 2.45) is 0 Å². The van der Waals surface area contributed by atoms with Crippen LogP contribution < -0.4 is 5.32 Å². The smallest absolute Gasteiger partial charge is 0.00797 e. The van der Waals surface area contributed by atoms with Crippen LogP contribution in [-0.4, -0.2) is 48.1 Å². The van der Waals surface area contributed by atoms with E-state index >= 15 is 0 Å². The lowest BCUT2D eigenvalue weighted by atomic mass is 10.1. The van der Waals surface area contributed by atoms with Crippen molar-refractivity contribution < 1.29 is 0 Å². The predicted octanol–water partition coefficient (Wildman–Crippen LogP) is 2.98. The first kappa shape index (κ1) is 15.3. The number of nitrogens with one attached hydrogen (secondary N) is 1. The normalized spacial score (nSPS) is 22.9. The van der Waals surface area contributed by atoms with Gasteiger partial charge in [0.25, 0.3) is 0 Å². The van der Waals surface area contributed by atoms with E-state index in [0.29, 0.717) is 0 Å². The van der Waals surface area contributed by atoms with Crippen molar-refractivity contribution in [3.05, 3.63) is 0 Å². The van der Waals surface area contributed by atoms with E-state index in [2.05, 4.69) is 42.7 Å². The molecule has 1 heterocycles. The van der Waals surface area contributed by atoms with Crippen molar-refractivity contribution in [3.63, 3.8) is 0 Å². The SMILES string of the molecule is CCSCCCNC1CCCN(C(C)C)CC1. The van der Waals surface area contributed by atoms with Gasteiger partial charge in [-0.15, -0.1) is 0 Å². The van der Waals surface area contributed by atoms with E-state index in [4.69, 9.17) is 0 Å². The Balaban J connectivity index is 2.09. The first-order chi connectivity index (χ1) is 8.24. The van der Waals surface area contributed by atoms with E-state index in [9.17, 15) is 0 Å². The van der Waals surface area contributed by atoms with Crippen LogP contribution in [0.1, 0.15) is 46.5 Å². The molecule has 0 aromatic rings. The molecule has 0 aromatic carbocycles. The Morgan fingerprint density at radius 3 is 2.82 bits per heavy atom. The summed E-state index contributed by atoms with van der Waals surface area (Å²) < 4.78 is 0.